The first kappa shape index (κ1) is 20.7. The monoisotopic (exact) mass is 418 g/mol. The molecule has 0 aliphatic carbocycles. The normalized spacial score (nSPS) is 11.5. The van der Waals surface area contributed by atoms with Crippen LogP contribution >= 0.6 is 34.8 Å². The van der Waals surface area contributed by atoms with Gasteiger partial charge in [0.05, 0.1) is 22.3 Å². The van der Waals surface area contributed by atoms with Crippen LogP contribution in [0.25, 0.3) is 0 Å². The van der Waals surface area contributed by atoms with E-state index >= 15 is 0 Å². The number of ether oxygens (including phenoxy) is 1. The molecule has 1 aromatic carbocycles. The standard InChI is InChI=1S/C17H21Cl3N4O2/c1-10-13(11(2)26-24-10)4-5-22-17(21-3)23-6-7-25-16-14(19)8-12(18)9-15(16)20/h8-9H,4-7H2,1-3H3,(H2,21,22,23). The van der Waals surface area contributed by atoms with Crippen molar-refractivity contribution in [3.63, 3.8) is 0 Å². The number of benzene rings is 1. The van der Waals surface area contributed by atoms with Crippen molar-refractivity contribution in [3.8, 4) is 5.75 Å². The maximum absolute atomic E-state index is 6.08. The predicted molar refractivity (Wildman–Crippen MR) is 106 cm³/mol. The molecule has 0 fully saturated rings. The lowest BCUT2D eigenvalue weighted by Gasteiger charge is -2.13. The second-order valence-electron chi connectivity index (χ2n) is 5.53. The van der Waals surface area contributed by atoms with Crippen LogP contribution in [-0.2, 0) is 6.42 Å². The number of rotatable bonds is 7. The molecule has 0 spiro atoms. The Morgan fingerprint density at radius 2 is 1.81 bits per heavy atom. The van der Waals surface area contributed by atoms with E-state index in [2.05, 4.69) is 20.8 Å². The highest BCUT2D eigenvalue weighted by Gasteiger charge is 2.10. The molecule has 2 N–H and O–H groups in total. The van der Waals surface area contributed by atoms with Crippen molar-refractivity contribution in [1.82, 2.24) is 15.8 Å². The van der Waals surface area contributed by atoms with Crippen LogP contribution < -0.4 is 15.4 Å². The van der Waals surface area contributed by atoms with E-state index < -0.39 is 0 Å². The molecule has 0 saturated heterocycles. The van der Waals surface area contributed by atoms with Crippen LogP contribution in [0.4, 0.5) is 0 Å². The summed E-state index contributed by atoms with van der Waals surface area (Å²) in [4.78, 5) is 4.17. The van der Waals surface area contributed by atoms with E-state index in [1.54, 1.807) is 19.2 Å². The van der Waals surface area contributed by atoms with E-state index in [1.165, 1.54) is 0 Å². The molecule has 1 aromatic heterocycles. The first-order valence-electron chi connectivity index (χ1n) is 8.06. The van der Waals surface area contributed by atoms with Crippen LogP contribution in [0.1, 0.15) is 17.0 Å². The van der Waals surface area contributed by atoms with Crippen LogP contribution in [0, 0.1) is 13.8 Å². The molecular weight excluding hydrogens is 399 g/mol. The number of aliphatic imine (C=N–C) groups is 1. The lowest BCUT2D eigenvalue weighted by Crippen LogP contribution is -2.40. The molecule has 26 heavy (non-hydrogen) atoms. The Kier molecular flexibility index (Phi) is 7.87. The van der Waals surface area contributed by atoms with Gasteiger partial charge in [-0.05, 0) is 32.4 Å². The number of hydrogen-bond donors (Lipinski definition) is 2. The lowest BCUT2D eigenvalue weighted by atomic mass is 10.1. The smallest absolute Gasteiger partial charge is 0.191 e. The molecule has 2 rings (SSSR count). The van der Waals surface area contributed by atoms with Crippen molar-refractivity contribution >= 4 is 40.8 Å². The molecule has 0 saturated carbocycles. The summed E-state index contributed by atoms with van der Waals surface area (Å²) in [6.07, 6.45) is 0.800. The number of guanidine groups is 1. The molecule has 2 aromatic rings. The number of nitrogens with one attached hydrogen (secondary N) is 2. The molecule has 0 unspecified atom stereocenters. The number of hydrogen-bond acceptors (Lipinski definition) is 4. The maximum atomic E-state index is 6.08. The van der Waals surface area contributed by atoms with Crippen LogP contribution in [0.5, 0.6) is 5.75 Å². The van der Waals surface area contributed by atoms with Crippen molar-refractivity contribution < 1.29 is 9.26 Å². The fourth-order valence-corrected chi connectivity index (χ4v) is 3.30. The number of aromatic nitrogens is 1. The van der Waals surface area contributed by atoms with Gasteiger partial charge in [0.2, 0.25) is 0 Å². The van der Waals surface area contributed by atoms with E-state index in [4.69, 9.17) is 44.1 Å². The van der Waals surface area contributed by atoms with E-state index in [0.29, 0.717) is 46.5 Å². The lowest BCUT2D eigenvalue weighted by molar-refractivity contribution is 0.322. The Balaban J connectivity index is 1.74. The predicted octanol–water partition coefficient (Wildman–Crippen LogP) is 4.04. The molecule has 0 aliphatic heterocycles. The van der Waals surface area contributed by atoms with Gasteiger partial charge in [0.1, 0.15) is 12.4 Å². The Morgan fingerprint density at radius 1 is 1.15 bits per heavy atom. The molecule has 142 valence electrons. The van der Waals surface area contributed by atoms with Gasteiger partial charge in [0.25, 0.3) is 0 Å². The highest BCUT2D eigenvalue weighted by atomic mass is 35.5. The number of aryl methyl sites for hydroxylation is 2. The third-order valence-electron chi connectivity index (χ3n) is 3.68. The van der Waals surface area contributed by atoms with Gasteiger partial charge in [0, 0.05) is 24.2 Å². The van der Waals surface area contributed by atoms with Crippen LogP contribution in [0.15, 0.2) is 21.6 Å². The Labute approximate surface area is 167 Å². The van der Waals surface area contributed by atoms with Crippen molar-refractivity contribution in [3.05, 3.63) is 44.2 Å². The third kappa shape index (κ3) is 5.69. The second kappa shape index (κ2) is 9.90. The molecule has 0 atom stereocenters. The summed E-state index contributed by atoms with van der Waals surface area (Å²) in [7, 11) is 1.71. The summed E-state index contributed by atoms with van der Waals surface area (Å²) < 4.78 is 10.8. The molecule has 0 radical (unpaired) electrons. The topological polar surface area (TPSA) is 71.7 Å². The average molecular weight is 420 g/mol. The molecule has 0 aliphatic rings. The Bertz CT molecular complexity index is 735. The van der Waals surface area contributed by atoms with E-state index in [1.807, 2.05) is 13.8 Å². The summed E-state index contributed by atoms with van der Waals surface area (Å²) in [6, 6.07) is 3.18. The van der Waals surface area contributed by atoms with Gasteiger partial charge in [-0.2, -0.15) is 0 Å². The highest BCUT2D eigenvalue weighted by molar-refractivity contribution is 6.40. The highest BCUT2D eigenvalue weighted by Crippen LogP contribution is 2.35. The molecular formula is C17H21Cl3N4O2. The van der Waals surface area contributed by atoms with Gasteiger partial charge in [0.15, 0.2) is 11.7 Å². The number of nitrogens with zero attached hydrogens (tertiary/aromatic N) is 2. The van der Waals surface area contributed by atoms with E-state index in [9.17, 15) is 0 Å². The zero-order valence-corrected chi connectivity index (χ0v) is 17.1. The van der Waals surface area contributed by atoms with Gasteiger partial charge in [-0.25, -0.2) is 0 Å². The summed E-state index contributed by atoms with van der Waals surface area (Å²) in [5.41, 5.74) is 2.03. The average Bonchev–Trinajstić information content (AvgIpc) is 2.90. The second-order valence-corrected chi connectivity index (χ2v) is 6.78. The fourth-order valence-electron chi connectivity index (χ4n) is 2.37. The van der Waals surface area contributed by atoms with Crippen LogP contribution in [0.3, 0.4) is 0 Å². The first-order chi connectivity index (χ1) is 12.4. The summed E-state index contributed by atoms with van der Waals surface area (Å²) in [6.45, 7) is 5.44. The van der Waals surface area contributed by atoms with Gasteiger partial charge in [-0.1, -0.05) is 40.0 Å². The summed E-state index contributed by atoms with van der Waals surface area (Å²) >= 11 is 18.0. The largest absolute Gasteiger partial charge is 0.489 e. The molecule has 9 heteroatoms. The minimum atomic E-state index is 0.367. The zero-order valence-electron chi connectivity index (χ0n) is 14.8. The summed E-state index contributed by atoms with van der Waals surface area (Å²) in [5.74, 6) is 1.94. The summed E-state index contributed by atoms with van der Waals surface area (Å²) in [5, 5.41) is 11.6. The van der Waals surface area contributed by atoms with Crippen LogP contribution in [0.2, 0.25) is 15.1 Å². The van der Waals surface area contributed by atoms with Gasteiger partial charge in [-0.3, -0.25) is 4.99 Å². The van der Waals surface area contributed by atoms with E-state index in [-0.39, 0.29) is 0 Å². The minimum Gasteiger partial charge on any atom is -0.489 e. The van der Waals surface area contributed by atoms with Crippen molar-refractivity contribution in [2.75, 3.05) is 26.7 Å². The minimum absolute atomic E-state index is 0.367. The Hall–Kier alpha value is -1.63. The molecule has 6 nitrogen and oxygen atoms in total. The molecule has 0 amide bonds. The quantitative estimate of drug-likeness (QED) is 0.403. The van der Waals surface area contributed by atoms with Crippen molar-refractivity contribution in [2.45, 2.75) is 20.3 Å². The first-order valence-corrected chi connectivity index (χ1v) is 9.19. The van der Waals surface area contributed by atoms with Gasteiger partial charge in [-0.15, -0.1) is 0 Å². The van der Waals surface area contributed by atoms with E-state index in [0.717, 1.165) is 23.4 Å². The number of halogens is 3. The maximum Gasteiger partial charge on any atom is 0.191 e. The van der Waals surface area contributed by atoms with Gasteiger partial charge < -0.3 is 19.9 Å². The van der Waals surface area contributed by atoms with Crippen LogP contribution in [-0.4, -0.2) is 37.9 Å². The van der Waals surface area contributed by atoms with Gasteiger partial charge >= 0.3 is 0 Å². The SMILES string of the molecule is CN=C(NCCOc1c(Cl)cc(Cl)cc1Cl)NCCc1c(C)noc1C. The Morgan fingerprint density at radius 3 is 2.38 bits per heavy atom. The third-order valence-corrected chi connectivity index (χ3v) is 4.46. The fraction of sp³-hybridized carbons (Fsp3) is 0.412. The molecule has 0 bridgehead atoms. The van der Waals surface area contributed by atoms with Crippen molar-refractivity contribution in [1.29, 1.82) is 0 Å². The van der Waals surface area contributed by atoms with Crippen molar-refractivity contribution in [2.24, 2.45) is 4.99 Å². The molecule has 1 heterocycles. The zero-order chi connectivity index (χ0) is 19.1.